The van der Waals surface area contributed by atoms with E-state index in [-0.39, 0.29) is 40.7 Å². The van der Waals surface area contributed by atoms with Crippen LogP contribution in [0.2, 0.25) is 0 Å². The molecule has 0 aromatic carbocycles. The van der Waals surface area contributed by atoms with Gasteiger partial charge in [-0.25, -0.2) is 0 Å². The Morgan fingerprint density at radius 2 is 1.62 bits per heavy atom. The molecule has 48 heavy (non-hydrogen) atoms. The van der Waals surface area contributed by atoms with Crippen molar-refractivity contribution in [2.75, 3.05) is 32.8 Å². The summed E-state index contributed by atoms with van der Waals surface area (Å²) in [6.07, 6.45) is 6.90. The number of rotatable bonds is 6. The highest BCUT2D eigenvalue weighted by atomic mass is 16.7. The van der Waals surface area contributed by atoms with Crippen molar-refractivity contribution in [3.05, 3.63) is 0 Å². The van der Waals surface area contributed by atoms with Crippen molar-refractivity contribution < 1.29 is 29.5 Å². The molecule has 3 heterocycles. The maximum absolute atomic E-state index is 12.5. The van der Waals surface area contributed by atoms with Crippen molar-refractivity contribution in [2.45, 2.75) is 168 Å². The monoisotopic (exact) mass is 673 g/mol. The quantitative estimate of drug-likeness (QED) is 0.361. The summed E-state index contributed by atoms with van der Waals surface area (Å²) in [5, 5.41) is 34.2. The molecule has 8 heteroatoms. The van der Waals surface area contributed by atoms with E-state index in [1.807, 2.05) is 0 Å². The van der Waals surface area contributed by atoms with Crippen molar-refractivity contribution in [3.8, 4) is 0 Å². The molecule has 0 aromatic heterocycles. The fraction of sp³-hybridized carbons (Fsp3) is 1.00. The molecular formula is C40H68N2O6. The van der Waals surface area contributed by atoms with Gasteiger partial charge in [-0.1, -0.05) is 34.6 Å². The molecule has 5 aliphatic carbocycles. The van der Waals surface area contributed by atoms with Crippen LogP contribution in [-0.4, -0.2) is 112 Å². The molecule has 2 spiro atoms. The summed E-state index contributed by atoms with van der Waals surface area (Å²) < 4.78 is 20.0. The summed E-state index contributed by atoms with van der Waals surface area (Å²) in [4.78, 5) is 5.18. The number of morpholine rings is 1. The summed E-state index contributed by atoms with van der Waals surface area (Å²) in [7, 11) is 0. The van der Waals surface area contributed by atoms with Gasteiger partial charge in [-0.3, -0.25) is 9.80 Å². The van der Waals surface area contributed by atoms with Crippen LogP contribution in [-0.2, 0) is 14.2 Å². The second-order valence-electron chi connectivity index (χ2n) is 20.3. The van der Waals surface area contributed by atoms with Crippen LogP contribution < -0.4 is 0 Å². The third kappa shape index (κ3) is 4.54. The van der Waals surface area contributed by atoms with Gasteiger partial charge in [-0.05, 0) is 124 Å². The molecule has 8 rings (SSSR count). The van der Waals surface area contributed by atoms with Crippen LogP contribution in [0.3, 0.4) is 0 Å². The first kappa shape index (κ1) is 34.7. The van der Waals surface area contributed by atoms with Gasteiger partial charge in [-0.2, -0.15) is 0 Å². The van der Waals surface area contributed by atoms with E-state index < -0.39 is 23.9 Å². The topological polar surface area (TPSA) is 94.9 Å². The third-order valence-corrected chi connectivity index (χ3v) is 17.4. The zero-order chi connectivity index (χ0) is 34.4. The zero-order valence-electron chi connectivity index (χ0n) is 31.6. The molecule has 5 saturated carbocycles. The predicted octanol–water partition coefficient (Wildman–Crippen LogP) is 5.07. The molecule has 0 aromatic rings. The minimum atomic E-state index is -1.24. The third-order valence-electron chi connectivity index (χ3n) is 17.4. The Bertz CT molecular complexity index is 1250. The smallest absolute Gasteiger partial charge is 0.170 e. The molecule has 3 saturated heterocycles. The van der Waals surface area contributed by atoms with Gasteiger partial charge >= 0.3 is 0 Å². The number of ether oxygens (including phenoxy) is 3. The highest BCUT2D eigenvalue weighted by molar-refractivity contribution is 5.33. The highest BCUT2D eigenvalue weighted by Gasteiger charge is 2.84. The first-order valence-electron chi connectivity index (χ1n) is 19.9. The number of hydrogen-bond acceptors (Lipinski definition) is 8. The summed E-state index contributed by atoms with van der Waals surface area (Å²) in [5.74, 6) is 1.68. The Kier molecular flexibility index (Phi) is 8.04. The molecule has 14 atom stereocenters. The number of likely N-dealkylation sites (tertiary alicyclic amines) is 1. The van der Waals surface area contributed by atoms with Crippen LogP contribution >= 0.6 is 0 Å². The van der Waals surface area contributed by atoms with Crippen molar-refractivity contribution in [3.63, 3.8) is 0 Å². The van der Waals surface area contributed by atoms with Crippen LogP contribution in [0.4, 0.5) is 0 Å². The molecule has 0 bridgehead atoms. The van der Waals surface area contributed by atoms with Crippen molar-refractivity contribution in [2.24, 2.45) is 50.7 Å². The van der Waals surface area contributed by atoms with E-state index in [4.69, 9.17) is 14.2 Å². The van der Waals surface area contributed by atoms with Crippen molar-refractivity contribution >= 4 is 0 Å². The number of aliphatic hydroxyl groups excluding tert-OH is 2. The zero-order valence-corrected chi connectivity index (χ0v) is 31.6. The maximum atomic E-state index is 12.5. The lowest BCUT2D eigenvalue weighted by Crippen LogP contribution is -2.64. The van der Waals surface area contributed by atoms with E-state index in [0.717, 1.165) is 58.5 Å². The highest BCUT2D eigenvalue weighted by Crippen LogP contribution is 2.89. The average Bonchev–Trinajstić information content (AvgIpc) is 3.61. The van der Waals surface area contributed by atoms with Crippen LogP contribution in [0.25, 0.3) is 0 Å². The van der Waals surface area contributed by atoms with Crippen LogP contribution in [0.15, 0.2) is 0 Å². The Balaban J connectivity index is 0.991. The summed E-state index contributed by atoms with van der Waals surface area (Å²) in [5.41, 5.74) is -0.781. The second kappa shape index (κ2) is 11.1. The Hall–Kier alpha value is -0.320. The Morgan fingerprint density at radius 3 is 2.31 bits per heavy atom. The number of hydrogen-bond donors (Lipinski definition) is 3. The lowest BCUT2D eigenvalue weighted by atomic mass is 9.41. The fourth-order valence-electron chi connectivity index (χ4n) is 14.6. The second-order valence-corrected chi connectivity index (χ2v) is 20.3. The van der Waals surface area contributed by atoms with Gasteiger partial charge in [0.05, 0.1) is 36.6 Å². The molecule has 0 radical (unpaired) electrons. The SMILES string of the molecule is CC(C)N1CC(N2CCO[C@@H](O[C@H]3CC[C@]45C[C@]46CC[C@]4(C)[C@@H]7[C@H](O[C@@H]([C@H](O)C(C)(C)O)C[C@H]7C)[C@H](O)[C@@]4(C)[C@@H]6CC[C@H]5C3(C)C)C2)C1. The average molecular weight is 673 g/mol. The maximum Gasteiger partial charge on any atom is 0.170 e. The molecule has 8 fully saturated rings. The number of fused-ring (bicyclic) bond motifs is 4. The van der Waals surface area contributed by atoms with Crippen molar-refractivity contribution in [1.29, 1.82) is 0 Å². The largest absolute Gasteiger partial charge is 0.390 e. The summed E-state index contributed by atoms with van der Waals surface area (Å²) in [6.45, 7) is 25.1. The van der Waals surface area contributed by atoms with Gasteiger partial charge in [0.15, 0.2) is 6.29 Å². The first-order valence-corrected chi connectivity index (χ1v) is 19.9. The number of nitrogens with zero attached hydrogens (tertiary/aromatic N) is 2. The van der Waals surface area contributed by atoms with E-state index in [1.54, 1.807) is 13.8 Å². The molecule has 8 aliphatic rings. The van der Waals surface area contributed by atoms with E-state index in [1.165, 1.54) is 25.7 Å². The van der Waals surface area contributed by atoms with Gasteiger partial charge in [0.2, 0.25) is 0 Å². The van der Waals surface area contributed by atoms with Crippen LogP contribution in [0.1, 0.15) is 114 Å². The van der Waals surface area contributed by atoms with Gasteiger partial charge in [0.1, 0.15) is 6.10 Å². The fourth-order valence-corrected chi connectivity index (χ4v) is 14.6. The normalized spacial score (nSPS) is 52.8. The molecule has 8 nitrogen and oxygen atoms in total. The van der Waals surface area contributed by atoms with Gasteiger partial charge < -0.3 is 29.5 Å². The standard InChI is InChI=1S/C40H68N2O6/c1-23(2)42-19-25(20-42)41-16-17-46-30(21-41)48-29-12-13-39-22-40(39)15-14-37(8)31-24(3)18-26(33(43)36(6,7)45)47-32(31)34(44)38(37,9)28(40)11-10-27(39)35(29,4)5/h23-34,43-45H,10-22H2,1-9H3/t24-,26-,27+,28+,29+,30+,31+,32+,33+,34+,37-,38-,39-,40+/m1/s1. The lowest BCUT2D eigenvalue weighted by molar-refractivity contribution is -0.253. The molecule has 0 amide bonds. The predicted molar refractivity (Wildman–Crippen MR) is 185 cm³/mol. The van der Waals surface area contributed by atoms with Gasteiger partial charge in [0, 0.05) is 43.7 Å². The van der Waals surface area contributed by atoms with Gasteiger partial charge in [0.25, 0.3) is 0 Å². The molecule has 0 unspecified atom stereocenters. The van der Waals surface area contributed by atoms with Gasteiger partial charge in [-0.15, -0.1) is 0 Å². The lowest BCUT2D eigenvalue weighted by Gasteiger charge is -2.64. The molecule has 3 N–H and O–H groups in total. The van der Waals surface area contributed by atoms with E-state index in [2.05, 4.69) is 58.3 Å². The van der Waals surface area contributed by atoms with E-state index in [9.17, 15) is 15.3 Å². The van der Waals surface area contributed by atoms with Crippen LogP contribution in [0, 0.1) is 50.7 Å². The minimum Gasteiger partial charge on any atom is -0.390 e. The van der Waals surface area contributed by atoms with Crippen molar-refractivity contribution in [1.82, 2.24) is 9.80 Å². The van der Waals surface area contributed by atoms with E-state index in [0.29, 0.717) is 40.7 Å². The van der Waals surface area contributed by atoms with Crippen LogP contribution in [0.5, 0.6) is 0 Å². The van der Waals surface area contributed by atoms with E-state index >= 15 is 0 Å². The first-order chi connectivity index (χ1) is 22.4. The Morgan fingerprint density at radius 1 is 0.938 bits per heavy atom. The molecular weight excluding hydrogens is 604 g/mol. The minimum absolute atomic E-state index is 0.0135. The summed E-state index contributed by atoms with van der Waals surface area (Å²) >= 11 is 0. The summed E-state index contributed by atoms with van der Waals surface area (Å²) in [6, 6.07) is 1.25. The Labute approximate surface area is 290 Å². The number of aliphatic hydroxyl groups is 3. The molecule has 3 aliphatic heterocycles. The molecule has 274 valence electrons.